The van der Waals surface area contributed by atoms with Gasteiger partial charge in [0.2, 0.25) is 0 Å². The summed E-state index contributed by atoms with van der Waals surface area (Å²) in [6.45, 7) is 11.4. The molecular formula is C19H36IN3O2. The Morgan fingerprint density at radius 3 is 2.60 bits per heavy atom. The van der Waals surface area contributed by atoms with Gasteiger partial charge in [0.25, 0.3) is 0 Å². The van der Waals surface area contributed by atoms with Gasteiger partial charge in [-0.05, 0) is 38.5 Å². The Labute approximate surface area is 170 Å². The van der Waals surface area contributed by atoms with Gasteiger partial charge >= 0.3 is 0 Å². The van der Waals surface area contributed by atoms with Crippen molar-refractivity contribution in [2.24, 2.45) is 22.2 Å². The Bertz CT molecular complexity index is 452. The van der Waals surface area contributed by atoms with E-state index in [-0.39, 0.29) is 29.4 Å². The lowest BCUT2D eigenvalue weighted by Crippen LogP contribution is -2.68. The van der Waals surface area contributed by atoms with E-state index in [4.69, 9.17) is 14.5 Å². The minimum absolute atomic E-state index is 0. The molecule has 0 aromatic carbocycles. The summed E-state index contributed by atoms with van der Waals surface area (Å²) in [7, 11) is 2.18. The first kappa shape index (κ1) is 21.2. The minimum atomic E-state index is 0. The number of aliphatic imine (C=N–C) groups is 1. The smallest absolute Gasteiger partial charge is 0.193 e. The van der Waals surface area contributed by atoms with Gasteiger partial charge < -0.3 is 19.7 Å². The molecule has 3 aliphatic rings. The highest BCUT2D eigenvalue weighted by Gasteiger charge is 2.59. The summed E-state index contributed by atoms with van der Waals surface area (Å²) in [6, 6.07) is 0.473. The van der Waals surface area contributed by atoms with Crippen LogP contribution in [0.1, 0.15) is 46.5 Å². The summed E-state index contributed by atoms with van der Waals surface area (Å²) in [5.74, 6) is 2.51. The van der Waals surface area contributed by atoms with Crippen LogP contribution in [0.4, 0.5) is 0 Å². The fourth-order valence-electron chi connectivity index (χ4n) is 4.70. The van der Waals surface area contributed by atoms with E-state index in [1.807, 2.05) is 0 Å². The molecule has 25 heavy (non-hydrogen) atoms. The molecule has 3 unspecified atom stereocenters. The molecule has 0 aromatic rings. The van der Waals surface area contributed by atoms with E-state index in [2.05, 4.69) is 38.0 Å². The van der Waals surface area contributed by atoms with Crippen LogP contribution in [0.15, 0.2) is 4.99 Å². The molecule has 3 atom stereocenters. The number of ether oxygens (including phenoxy) is 2. The van der Waals surface area contributed by atoms with Crippen LogP contribution in [-0.4, -0.2) is 63.0 Å². The van der Waals surface area contributed by atoms with E-state index < -0.39 is 0 Å². The zero-order chi connectivity index (χ0) is 17.2. The van der Waals surface area contributed by atoms with Gasteiger partial charge in [-0.25, -0.2) is 0 Å². The standard InChI is InChI=1S/C19H35N3O2.HI/c1-5-20-18(22(4)10-6-14-7-11-23-12-8-14)21-16-15-9-13-24-17(15)19(16,2)3;/h14-17H,5-13H2,1-4H3,(H,20,21);1H. The number of hydrogen-bond donors (Lipinski definition) is 1. The van der Waals surface area contributed by atoms with Crippen molar-refractivity contribution < 1.29 is 9.47 Å². The van der Waals surface area contributed by atoms with E-state index in [1.54, 1.807) is 0 Å². The molecule has 5 nitrogen and oxygen atoms in total. The maximum atomic E-state index is 5.92. The highest BCUT2D eigenvalue weighted by atomic mass is 127. The van der Waals surface area contributed by atoms with Gasteiger partial charge in [-0.3, -0.25) is 4.99 Å². The van der Waals surface area contributed by atoms with E-state index in [0.29, 0.717) is 18.1 Å². The first-order valence-corrected chi connectivity index (χ1v) is 9.75. The van der Waals surface area contributed by atoms with Crippen LogP contribution < -0.4 is 5.32 Å². The molecule has 0 amide bonds. The minimum Gasteiger partial charge on any atom is -0.381 e. The average molecular weight is 465 g/mol. The van der Waals surface area contributed by atoms with Crippen molar-refractivity contribution in [3.63, 3.8) is 0 Å². The number of guanidine groups is 1. The molecule has 1 N–H and O–H groups in total. The van der Waals surface area contributed by atoms with Crippen molar-refractivity contribution in [1.29, 1.82) is 0 Å². The second-order valence-electron chi connectivity index (χ2n) is 8.25. The number of hydrogen-bond acceptors (Lipinski definition) is 3. The maximum absolute atomic E-state index is 5.92. The predicted molar refractivity (Wildman–Crippen MR) is 113 cm³/mol. The van der Waals surface area contributed by atoms with Crippen molar-refractivity contribution in [3.05, 3.63) is 0 Å². The van der Waals surface area contributed by atoms with Gasteiger partial charge in [-0.1, -0.05) is 13.8 Å². The summed E-state index contributed by atoms with van der Waals surface area (Å²) in [6.07, 6.45) is 5.24. The van der Waals surface area contributed by atoms with Crippen molar-refractivity contribution in [2.45, 2.75) is 58.6 Å². The molecule has 6 heteroatoms. The summed E-state index contributed by atoms with van der Waals surface area (Å²) >= 11 is 0. The van der Waals surface area contributed by atoms with Gasteiger partial charge in [0.15, 0.2) is 5.96 Å². The molecule has 0 spiro atoms. The Morgan fingerprint density at radius 2 is 1.92 bits per heavy atom. The lowest BCUT2D eigenvalue weighted by Gasteiger charge is -2.55. The van der Waals surface area contributed by atoms with Crippen molar-refractivity contribution >= 4 is 29.9 Å². The zero-order valence-electron chi connectivity index (χ0n) is 16.3. The predicted octanol–water partition coefficient (Wildman–Crippen LogP) is 3.13. The van der Waals surface area contributed by atoms with E-state index in [9.17, 15) is 0 Å². The number of nitrogens with one attached hydrogen (secondary N) is 1. The summed E-state index contributed by atoms with van der Waals surface area (Å²) < 4.78 is 11.4. The Morgan fingerprint density at radius 1 is 1.20 bits per heavy atom. The first-order chi connectivity index (χ1) is 11.5. The van der Waals surface area contributed by atoms with Crippen LogP contribution in [0, 0.1) is 17.3 Å². The van der Waals surface area contributed by atoms with Gasteiger partial charge in [0.05, 0.1) is 6.10 Å². The van der Waals surface area contributed by atoms with Gasteiger partial charge in [-0.15, -0.1) is 24.0 Å². The normalized spacial score (nSPS) is 31.7. The topological polar surface area (TPSA) is 46.1 Å². The highest BCUT2D eigenvalue weighted by molar-refractivity contribution is 14.0. The third-order valence-electron chi connectivity index (χ3n) is 6.27. The monoisotopic (exact) mass is 465 g/mol. The maximum Gasteiger partial charge on any atom is 0.193 e. The SMILES string of the molecule is CCN=C(NC1C2CCOC2C1(C)C)N(C)CCC1CCOCC1.I. The fraction of sp³-hybridized carbons (Fsp3) is 0.947. The Balaban J connectivity index is 0.00000225. The van der Waals surface area contributed by atoms with E-state index >= 15 is 0 Å². The molecule has 146 valence electrons. The second kappa shape index (κ2) is 9.22. The molecule has 3 fully saturated rings. The van der Waals surface area contributed by atoms with Crippen LogP contribution in [0.2, 0.25) is 0 Å². The van der Waals surface area contributed by atoms with E-state index in [1.165, 1.54) is 25.7 Å². The van der Waals surface area contributed by atoms with Crippen LogP contribution in [0.3, 0.4) is 0 Å². The van der Waals surface area contributed by atoms with Crippen molar-refractivity contribution in [1.82, 2.24) is 10.2 Å². The lowest BCUT2D eigenvalue weighted by molar-refractivity contribution is -0.107. The largest absolute Gasteiger partial charge is 0.381 e. The summed E-state index contributed by atoms with van der Waals surface area (Å²) in [4.78, 5) is 7.07. The van der Waals surface area contributed by atoms with Gasteiger partial charge in [0, 0.05) is 57.3 Å². The van der Waals surface area contributed by atoms with Gasteiger partial charge in [0.1, 0.15) is 0 Å². The molecular weight excluding hydrogens is 429 g/mol. The average Bonchev–Trinajstić information content (AvgIpc) is 3.04. The Kier molecular flexibility index (Phi) is 7.83. The quantitative estimate of drug-likeness (QED) is 0.385. The van der Waals surface area contributed by atoms with Crippen LogP contribution >= 0.6 is 24.0 Å². The molecule has 2 aliphatic heterocycles. The zero-order valence-corrected chi connectivity index (χ0v) is 18.6. The van der Waals surface area contributed by atoms with Gasteiger partial charge in [-0.2, -0.15) is 0 Å². The van der Waals surface area contributed by atoms with Crippen molar-refractivity contribution in [2.75, 3.05) is 40.0 Å². The second-order valence-corrected chi connectivity index (χ2v) is 8.25. The third kappa shape index (κ3) is 4.61. The molecule has 0 bridgehead atoms. The molecule has 2 heterocycles. The lowest BCUT2D eigenvalue weighted by atomic mass is 9.57. The third-order valence-corrected chi connectivity index (χ3v) is 6.27. The van der Waals surface area contributed by atoms with Crippen LogP contribution in [0.25, 0.3) is 0 Å². The summed E-state index contributed by atoms with van der Waals surface area (Å²) in [5, 5.41) is 3.77. The van der Waals surface area contributed by atoms with E-state index in [0.717, 1.165) is 44.8 Å². The summed E-state index contributed by atoms with van der Waals surface area (Å²) in [5.41, 5.74) is 0.192. The molecule has 1 saturated carbocycles. The first-order valence-electron chi connectivity index (χ1n) is 9.75. The molecule has 3 rings (SSSR count). The number of nitrogens with zero attached hydrogens (tertiary/aromatic N) is 2. The number of fused-ring (bicyclic) bond motifs is 1. The van der Waals surface area contributed by atoms with Crippen molar-refractivity contribution in [3.8, 4) is 0 Å². The van der Waals surface area contributed by atoms with Crippen LogP contribution in [0.5, 0.6) is 0 Å². The number of halogens is 1. The number of rotatable bonds is 5. The molecule has 2 saturated heterocycles. The Hall–Kier alpha value is -0.0800. The fourth-order valence-corrected chi connectivity index (χ4v) is 4.70. The molecule has 0 radical (unpaired) electrons. The molecule has 0 aromatic heterocycles. The molecule has 1 aliphatic carbocycles. The highest BCUT2D eigenvalue weighted by Crippen LogP contribution is 2.52. The van der Waals surface area contributed by atoms with Crippen LogP contribution in [-0.2, 0) is 9.47 Å².